The first-order valence-electron chi connectivity index (χ1n) is 9.74. The van der Waals surface area contributed by atoms with Crippen molar-refractivity contribution in [3.05, 3.63) is 57.8 Å². The molecule has 3 rings (SSSR count). The van der Waals surface area contributed by atoms with Crippen molar-refractivity contribution >= 4 is 17.7 Å². The van der Waals surface area contributed by atoms with Crippen LogP contribution < -0.4 is 5.73 Å². The number of carbonyl (C=O) groups excluding carboxylic acids is 1. The molecule has 0 saturated carbocycles. The number of benzene rings is 1. The van der Waals surface area contributed by atoms with Gasteiger partial charge in [0, 0.05) is 29.9 Å². The van der Waals surface area contributed by atoms with Crippen LogP contribution in [0.25, 0.3) is 0 Å². The molecule has 31 heavy (non-hydrogen) atoms. The molecule has 0 fully saturated rings. The predicted molar refractivity (Wildman–Crippen MR) is 114 cm³/mol. The maximum Gasteiger partial charge on any atom is 0.410 e. The molecule has 1 aromatic carbocycles. The lowest BCUT2D eigenvalue weighted by Crippen LogP contribution is -2.50. The zero-order valence-electron chi connectivity index (χ0n) is 17.5. The third kappa shape index (κ3) is 3.83. The lowest BCUT2D eigenvalue weighted by molar-refractivity contribution is 0.0224. The van der Waals surface area contributed by atoms with Gasteiger partial charge in [-0.1, -0.05) is 29.8 Å². The van der Waals surface area contributed by atoms with Crippen molar-refractivity contribution in [2.75, 3.05) is 13.1 Å². The van der Waals surface area contributed by atoms with Crippen molar-refractivity contribution in [1.29, 1.82) is 15.8 Å². The van der Waals surface area contributed by atoms with Gasteiger partial charge >= 0.3 is 6.09 Å². The summed E-state index contributed by atoms with van der Waals surface area (Å²) in [4.78, 5) is 14.2. The van der Waals surface area contributed by atoms with Crippen molar-refractivity contribution in [2.24, 2.45) is 17.1 Å². The Hall–Kier alpha value is -3.47. The Bertz CT molecular complexity index is 1080. The molecule has 1 aliphatic heterocycles. The minimum Gasteiger partial charge on any atom is -0.444 e. The summed E-state index contributed by atoms with van der Waals surface area (Å²) < 4.78 is 5.50. The molecule has 2 aliphatic rings. The quantitative estimate of drug-likeness (QED) is 0.710. The highest BCUT2D eigenvalue weighted by molar-refractivity contribution is 6.30. The average Bonchev–Trinajstić information content (AvgIpc) is 2.72. The number of allylic oxidation sites excluding steroid dienone is 2. The minimum absolute atomic E-state index is 0.0619. The van der Waals surface area contributed by atoms with E-state index < -0.39 is 28.9 Å². The summed E-state index contributed by atoms with van der Waals surface area (Å²) in [6.45, 7) is 5.75. The summed E-state index contributed by atoms with van der Waals surface area (Å²) in [6.07, 6.45) is 1.25. The summed E-state index contributed by atoms with van der Waals surface area (Å²) in [5.41, 5.74) is 5.21. The number of nitrogens with two attached hydrogens (primary N) is 1. The van der Waals surface area contributed by atoms with Crippen molar-refractivity contribution in [1.82, 2.24) is 4.90 Å². The van der Waals surface area contributed by atoms with Crippen molar-refractivity contribution in [3.63, 3.8) is 0 Å². The van der Waals surface area contributed by atoms with E-state index >= 15 is 0 Å². The van der Waals surface area contributed by atoms with Gasteiger partial charge in [-0.25, -0.2) is 4.79 Å². The van der Waals surface area contributed by atoms with Gasteiger partial charge in [0.15, 0.2) is 5.41 Å². The van der Waals surface area contributed by atoms with Crippen molar-refractivity contribution in [2.45, 2.75) is 32.3 Å². The lowest BCUT2D eigenvalue weighted by atomic mass is 9.58. The Labute approximate surface area is 186 Å². The van der Waals surface area contributed by atoms with Gasteiger partial charge in [0.05, 0.1) is 23.4 Å². The number of halogens is 1. The molecule has 1 aromatic rings. The Balaban J connectivity index is 2.18. The first-order valence-corrected chi connectivity index (χ1v) is 10.1. The molecular weight excluding hydrogens is 414 g/mol. The molecule has 1 heterocycles. The first kappa shape index (κ1) is 22.2. The van der Waals surface area contributed by atoms with Gasteiger partial charge in [0.25, 0.3) is 0 Å². The molecular formula is C23H22ClN5O2. The number of ether oxygens (including phenoxy) is 1. The van der Waals surface area contributed by atoms with Crippen LogP contribution in [-0.2, 0) is 4.74 Å². The molecule has 158 valence electrons. The van der Waals surface area contributed by atoms with Gasteiger partial charge in [0.1, 0.15) is 11.7 Å². The van der Waals surface area contributed by atoms with Crippen LogP contribution in [0.4, 0.5) is 4.79 Å². The van der Waals surface area contributed by atoms with E-state index in [2.05, 4.69) is 18.2 Å². The van der Waals surface area contributed by atoms with Gasteiger partial charge in [-0.3, -0.25) is 0 Å². The number of hydrogen-bond acceptors (Lipinski definition) is 6. The Morgan fingerprint density at radius 1 is 1.23 bits per heavy atom. The Kier molecular flexibility index (Phi) is 5.72. The normalized spacial score (nSPS) is 22.4. The summed E-state index contributed by atoms with van der Waals surface area (Å²) in [5, 5.41) is 30.4. The maximum atomic E-state index is 12.7. The smallest absolute Gasteiger partial charge is 0.410 e. The van der Waals surface area contributed by atoms with E-state index in [0.717, 1.165) is 0 Å². The van der Waals surface area contributed by atoms with Crippen molar-refractivity contribution < 1.29 is 9.53 Å². The SMILES string of the molecule is CC(C)(C)OC(=O)N1CC=C2C(C#N)=C(N)C(C#N)(C#N)[C@H](c3ccc(Cl)cc3)[C@@H]2C1. The van der Waals surface area contributed by atoms with Crippen LogP contribution in [0.3, 0.4) is 0 Å². The fraction of sp³-hybridized carbons (Fsp3) is 0.391. The Morgan fingerprint density at radius 3 is 2.35 bits per heavy atom. The zero-order chi connectivity index (χ0) is 23.0. The first-order chi connectivity index (χ1) is 14.6. The summed E-state index contributed by atoms with van der Waals surface area (Å²) in [5.74, 6) is -1.20. The lowest BCUT2D eigenvalue weighted by Gasteiger charge is -2.45. The average molecular weight is 436 g/mol. The maximum absolute atomic E-state index is 12.7. The molecule has 2 N–H and O–H groups in total. The van der Waals surface area contributed by atoms with Crippen LogP contribution in [0.15, 0.2) is 47.2 Å². The number of carbonyl (C=O) groups is 1. The van der Waals surface area contributed by atoms with Crippen LogP contribution >= 0.6 is 11.6 Å². The molecule has 1 aliphatic carbocycles. The fourth-order valence-electron chi connectivity index (χ4n) is 4.20. The summed E-state index contributed by atoms with van der Waals surface area (Å²) >= 11 is 6.04. The van der Waals surface area contributed by atoms with Crippen LogP contribution in [0, 0.1) is 45.3 Å². The van der Waals surface area contributed by atoms with Crippen LogP contribution in [0.5, 0.6) is 0 Å². The van der Waals surface area contributed by atoms with Gasteiger partial charge in [0.2, 0.25) is 0 Å². The van der Waals surface area contributed by atoms with Crippen LogP contribution in [-0.4, -0.2) is 29.7 Å². The van der Waals surface area contributed by atoms with Gasteiger partial charge in [-0.2, -0.15) is 15.8 Å². The zero-order valence-corrected chi connectivity index (χ0v) is 18.3. The van der Waals surface area contributed by atoms with Gasteiger partial charge in [-0.05, 0) is 44.0 Å². The monoisotopic (exact) mass is 435 g/mol. The molecule has 2 atom stereocenters. The molecule has 0 spiro atoms. The molecule has 1 amide bonds. The van der Waals surface area contributed by atoms with Gasteiger partial charge in [-0.15, -0.1) is 0 Å². The number of hydrogen-bond donors (Lipinski definition) is 1. The molecule has 8 heteroatoms. The number of nitriles is 3. The number of amides is 1. The second kappa shape index (κ2) is 7.99. The van der Waals surface area contributed by atoms with E-state index in [4.69, 9.17) is 22.1 Å². The highest BCUT2D eigenvalue weighted by atomic mass is 35.5. The van der Waals surface area contributed by atoms with Gasteiger partial charge < -0.3 is 15.4 Å². The molecule has 7 nitrogen and oxygen atoms in total. The van der Waals surface area contributed by atoms with E-state index in [1.165, 1.54) is 4.90 Å². The fourth-order valence-corrected chi connectivity index (χ4v) is 4.33. The van der Waals surface area contributed by atoms with Crippen molar-refractivity contribution in [3.8, 4) is 18.2 Å². The van der Waals surface area contributed by atoms with E-state index in [1.807, 2.05) is 0 Å². The molecule has 0 aromatic heterocycles. The second-order valence-electron chi connectivity index (χ2n) is 8.61. The molecule has 0 unspecified atom stereocenters. The van der Waals surface area contributed by atoms with Crippen LogP contribution in [0.1, 0.15) is 32.3 Å². The molecule has 0 radical (unpaired) electrons. The minimum atomic E-state index is -1.77. The van der Waals surface area contributed by atoms with E-state index in [9.17, 15) is 20.6 Å². The second-order valence-corrected chi connectivity index (χ2v) is 9.05. The number of nitrogens with zero attached hydrogens (tertiary/aromatic N) is 4. The molecule has 0 bridgehead atoms. The highest BCUT2D eigenvalue weighted by Gasteiger charge is 2.54. The standard InChI is InChI=1S/C23H22ClN5O2/c1-22(2,3)31-21(30)29-9-8-16-17(10-25)20(28)23(12-26,13-27)19(18(16)11-29)14-4-6-15(24)7-5-14/h4-8,18-19H,9,11,28H2,1-3H3/t18-,19-/m1/s1. The number of rotatable bonds is 1. The van der Waals surface area contributed by atoms with E-state index in [-0.39, 0.29) is 24.4 Å². The summed E-state index contributed by atoms with van der Waals surface area (Å²) in [7, 11) is 0. The third-order valence-corrected chi connectivity index (χ3v) is 5.80. The van der Waals surface area contributed by atoms with Crippen LogP contribution in [0.2, 0.25) is 5.02 Å². The third-order valence-electron chi connectivity index (χ3n) is 5.55. The summed E-state index contributed by atoms with van der Waals surface area (Å²) in [6, 6.07) is 13.0. The number of fused-ring (bicyclic) bond motifs is 1. The van der Waals surface area contributed by atoms with E-state index in [1.54, 1.807) is 51.1 Å². The highest BCUT2D eigenvalue weighted by Crippen LogP contribution is 2.54. The predicted octanol–water partition coefficient (Wildman–Crippen LogP) is 4.00. The molecule has 0 saturated heterocycles. The topological polar surface area (TPSA) is 127 Å². The largest absolute Gasteiger partial charge is 0.444 e. The Morgan fingerprint density at radius 2 is 1.84 bits per heavy atom. The van der Waals surface area contributed by atoms with E-state index in [0.29, 0.717) is 16.2 Å².